The molecule has 0 fully saturated rings. The van der Waals surface area contributed by atoms with Gasteiger partial charge in [-0.1, -0.05) is 36.4 Å². The average molecular weight is 366 g/mol. The smallest absolute Gasteiger partial charge is 0.264 e. The van der Waals surface area contributed by atoms with Gasteiger partial charge in [-0.2, -0.15) is 0 Å². The van der Waals surface area contributed by atoms with Crippen LogP contribution in [0.15, 0.2) is 66.7 Å². The van der Waals surface area contributed by atoms with Crippen LogP contribution in [0.2, 0.25) is 0 Å². The summed E-state index contributed by atoms with van der Waals surface area (Å²) >= 11 is 5.22. The lowest BCUT2D eigenvalue weighted by molar-refractivity contribution is -0.121. The molecule has 0 aromatic heterocycles. The molecule has 0 heterocycles. The van der Waals surface area contributed by atoms with Crippen molar-refractivity contribution in [3.63, 3.8) is 0 Å². The Balaban J connectivity index is 1.54. The second-order valence-electron chi connectivity index (χ2n) is 5.49. The van der Waals surface area contributed by atoms with E-state index in [0.29, 0.717) is 5.75 Å². The van der Waals surface area contributed by atoms with Gasteiger partial charge in [0.2, 0.25) is 0 Å². The normalized spacial score (nSPS) is 10.2. The van der Waals surface area contributed by atoms with Gasteiger partial charge in [-0.05, 0) is 47.9 Å². The molecule has 0 saturated carbocycles. The molecule has 26 heavy (non-hydrogen) atoms. The van der Waals surface area contributed by atoms with Gasteiger partial charge < -0.3 is 14.8 Å². The number of ether oxygens (including phenoxy) is 2. The van der Waals surface area contributed by atoms with Crippen LogP contribution in [-0.2, 0) is 4.79 Å². The second kappa shape index (κ2) is 8.31. The topological polar surface area (TPSA) is 59.6 Å². The van der Waals surface area contributed by atoms with Gasteiger partial charge in [-0.15, -0.1) is 0 Å². The Bertz CT molecular complexity index is 920. The molecule has 6 heteroatoms. The SMILES string of the molecule is COc1ccc(OCC(=O)NC(=S)Nc2cccc3ccccc23)cc1. The summed E-state index contributed by atoms with van der Waals surface area (Å²) in [6.45, 7) is -0.135. The molecule has 0 saturated heterocycles. The summed E-state index contributed by atoms with van der Waals surface area (Å²) < 4.78 is 10.5. The molecule has 0 aliphatic heterocycles. The molecule has 3 rings (SSSR count). The molecule has 0 aliphatic rings. The molecule has 0 bridgehead atoms. The summed E-state index contributed by atoms with van der Waals surface area (Å²) in [5.41, 5.74) is 0.837. The Morgan fingerprint density at radius 1 is 0.962 bits per heavy atom. The molecule has 0 aliphatic carbocycles. The number of amides is 1. The molecule has 0 atom stereocenters. The quantitative estimate of drug-likeness (QED) is 0.674. The van der Waals surface area contributed by atoms with E-state index in [2.05, 4.69) is 10.6 Å². The third-order valence-electron chi connectivity index (χ3n) is 3.72. The van der Waals surface area contributed by atoms with Crippen LogP contribution in [0.1, 0.15) is 0 Å². The molecule has 1 amide bonds. The summed E-state index contributed by atoms with van der Waals surface area (Å²) in [6.07, 6.45) is 0. The number of nitrogens with one attached hydrogen (secondary N) is 2. The zero-order valence-electron chi connectivity index (χ0n) is 14.2. The summed E-state index contributed by atoms with van der Waals surface area (Å²) in [5.74, 6) is 0.967. The summed E-state index contributed by atoms with van der Waals surface area (Å²) in [4.78, 5) is 12.0. The van der Waals surface area contributed by atoms with Crippen LogP contribution in [0.25, 0.3) is 10.8 Å². The van der Waals surface area contributed by atoms with E-state index in [9.17, 15) is 4.79 Å². The van der Waals surface area contributed by atoms with Crippen molar-refractivity contribution in [1.29, 1.82) is 0 Å². The molecule has 132 valence electrons. The number of fused-ring (bicyclic) bond motifs is 1. The number of methoxy groups -OCH3 is 1. The van der Waals surface area contributed by atoms with Gasteiger partial charge in [0.1, 0.15) is 11.5 Å². The minimum absolute atomic E-state index is 0.135. The van der Waals surface area contributed by atoms with Crippen molar-refractivity contribution in [2.45, 2.75) is 0 Å². The first-order valence-corrected chi connectivity index (χ1v) is 8.42. The third kappa shape index (κ3) is 4.49. The van der Waals surface area contributed by atoms with Crippen LogP contribution in [0.3, 0.4) is 0 Å². The van der Waals surface area contributed by atoms with E-state index in [1.165, 1.54) is 0 Å². The first-order valence-electron chi connectivity index (χ1n) is 8.01. The van der Waals surface area contributed by atoms with E-state index in [0.717, 1.165) is 22.2 Å². The highest BCUT2D eigenvalue weighted by Crippen LogP contribution is 2.22. The maximum absolute atomic E-state index is 12.0. The third-order valence-corrected chi connectivity index (χ3v) is 3.92. The van der Waals surface area contributed by atoms with Gasteiger partial charge in [0.25, 0.3) is 5.91 Å². The van der Waals surface area contributed by atoms with Crippen LogP contribution >= 0.6 is 12.2 Å². The highest BCUT2D eigenvalue weighted by molar-refractivity contribution is 7.80. The lowest BCUT2D eigenvalue weighted by Crippen LogP contribution is -2.37. The van der Waals surface area contributed by atoms with E-state index in [4.69, 9.17) is 21.7 Å². The Hall–Kier alpha value is -3.12. The highest BCUT2D eigenvalue weighted by Gasteiger charge is 2.08. The van der Waals surface area contributed by atoms with Crippen molar-refractivity contribution in [3.05, 3.63) is 66.7 Å². The van der Waals surface area contributed by atoms with Crippen LogP contribution in [0, 0.1) is 0 Å². The number of hydrogen-bond acceptors (Lipinski definition) is 4. The van der Waals surface area contributed by atoms with E-state index in [1.807, 2.05) is 42.5 Å². The largest absolute Gasteiger partial charge is 0.497 e. The molecule has 0 spiro atoms. The maximum Gasteiger partial charge on any atom is 0.264 e. The second-order valence-corrected chi connectivity index (χ2v) is 5.90. The van der Waals surface area contributed by atoms with Crippen molar-refractivity contribution in [1.82, 2.24) is 5.32 Å². The highest BCUT2D eigenvalue weighted by atomic mass is 32.1. The van der Waals surface area contributed by atoms with Crippen LogP contribution in [0.5, 0.6) is 11.5 Å². The molecule has 0 radical (unpaired) electrons. The Morgan fingerprint density at radius 3 is 2.42 bits per heavy atom. The van der Waals surface area contributed by atoms with Crippen molar-refractivity contribution in [3.8, 4) is 11.5 Å². The van der Waals surface area contributed by atoms with Gasteiger partial charge in [0, 0.05) is 11.1 Å². The van der Waals surface area contributed by atoms with Crippen molar-refractivity contribution >= 4 is 39.7 Å². The number of anilines is 1. The number of carbonyl (C=O) groups excluding carboxylic acids is 1. The van der Waals surface area contributed by atoms with E-state index < -0.39 is 0 Å². The number of hydrogen-bond donors (Lipinski definition) is 2. The zero-order valence-corrected chi connectivity index (χ0v) is 15.0. The van der Waals surface area contributed by atoms with E-state index >= 15 is 0 Å². The summed E-state index contributed by atoms with van der Waals surface area (Å²) in [6, 6.07) is 20.8. The molecule has 0 unspecified atom stereocenters. The van der Waals surface area contributed by atoms with Crippen LogP contribution in [0.4, 0.5) is 5.69 Å². The lowest BCUT2D eigenvalue weighted by atomic mass is 10.1. The predicted molar refractivity (Wildman–Crippen MR) is 107 cm³/mol. The predicted octanol–water partition coefficient (Wildman–Crippen LogP) is 3.74. The summed E-state index contributed by atoms with van der Waals surface area (Å²) in [5, 5.41) is 8.02. The fourth-order valence-electron chi connectivity index (χ4n) is 2.47. The number of rotatable bonds is 5. The molecular formula is C20H18N2O3S. The molecule has 3 aromatic rings. The van der Waals surface area contributed by atoms with Gasteiger partial charge in [-0.25, -0.2) is 0 Å². The fraction of sp³-hybridized carbons (Fsp3) is 0.100. The minimum Gasteiger partial charge on any atom is -0.497 e. The number of carbonyl (C=O) groups is 1. The van der Waals surface area contributed by atoms with Crippen molar-refractivity contribution in [2.75, 3.05) is 19.0 Å². The number of thiocarbonyl (C=S) groups is 1. The van der Waals surface area contributed by atoms with E-state index in [1.54, 1.807) is 31.4 Å². The fourth-order valence-corrected chi connectivity index (χ4v) is 2.70. The average Bonchev–Trinajstić information content (AvgIpc) is 2.67. The molecule has 2 N–H and O–H groups in total. The van der Waals surface area contributed by atoms with Gasteiger partial charge >= 0.3 is 0 Å². The standard InChI is InChI=1S/C20H18N2O3S/c1-24-15-9-11-16(12-10-15)25-13-19(23)22-20(26)21-18-8-4-6-14-5-2-3-7-17(14)18/h2-12H,13H2,1H3,(H2,21,22,23,26). The molecular weight excluding hydrogens is 348 g/mol. The van der Waals surface area contributed by atoms with Gasteiger partial charge in [0.15, 0.2) is 11.7 Å². The first-order chi connectivity index (χ1) is 12.7. The first kappa shape index (κ1) is 17.7. The van der Waals surface area contributed by atoms with E-state index in [-0.39, 0.29) is 17.6 Å². The Morgan fingerprint density at radius 2 is 1.65 bits per heavy atom. The Kier molecular flexibility index (Phi) is 5.66. The Labute approximate surface area is 156 Å². The molecule has 3 aromatic carbocycles. The monoisotopic (exact) mass is 366 g/mol. The summed E-state index contributed by atoms with van der Waals surface area (Å²) in [7, 11) is 1.59. The molecule has 5 nitrogen and oxygen atoms in total. The lowest BCUT2D eigenvalue weighted by Gasteiger charge is -2.12. The maximum atomic E-state index is 12.0. The minimum atomic E-state index is -0.335. The van der Waals surface area contributed by atoms with Crippen molar-refractivity contribution < 1.29 is 14.3 Å². The van der Waals surface area contributed by atoms with Gasteiger partial charge in [0.05, 0.1) is 7.11 Å². The van der Waals surface area contributed by atoms with Crippen LogP contribution in [-0.4, -0.2) is 24.7 Å². The van der Waals surface area contributed by atoms with Crippen LogP contribution < -0.4 is 20.1 Å². The number of benzene rings is 3. The van der Waals surface area contributed by atoms with Crippen molar-refractivity contribution in [2.24, 2.45) is 0 Å². The van der Waals surface area contributed by atoms with Gasteiger partial charge in [-0.3, -0.25) is 10.1 Å². The zero-order chi connectivity index (χ0) is 18.4.